The molecule has 0 aliphatic carbocycles. The summed E-state index contributed by atoms with van der Waals surface area (Å²) in [5.41, 5.74) is -6.31. The van der Waals surface area contributed by atoms with E-state index in [1.54, 1.807) is 0 Å². The standard InChI is InChI=1S/C16H8F6O4S.C8H4F4O2/c17-15(18,19)7-1-3-11(9(5-7)13(23)24)27-12-4-2-8(16(20,21)22)6-10(12)14(25)26;1-2-4(9)3(8(13)14)6(11)7(12)5(2)10/h1-6H,(H,23,24)(H,25,26);1H3,(H,13,14). The van der Waals surface area contributed by atoms with Crippen molar-refractivity contribution < 1.29 is 73.6 Å². The smallest absolute Gasteiger partial charge is 0.416 e. The van der Waals surface area contributed by atoms with Crippen LogP contribution in [-0.2, 0) is 12.4 Å². The molecule has 41 heavy (non-hydrogen) atoms. The van der Waals surface area contributed by atoms with Crippen LogP contribution in [0.4, 0.5) is 43.9 Å². The quantitative estimate of drug-likeness (QED) is 0.154. The van der Waals surface area contributed by atoms with Crippen LogP contribution in [0.5, 0.6) is 0 Å². The minimum absolute atomic E-state index is 0.252. The normalized spacial score (nSPS) is 11.5. The average molecular weight is 618 g/mol. The number of rotatable bonds is 5. The summed E-state index contributed by atoms with van der Waals surface area (Å²) in [5, 5.41) is 26.6. The first kappa shape index (κ1) is 32.9. The van der Waals surface area contributed by atoms with Crippen LogP contribution in [0.15, 0.2) is 46.2 Å². The molecule has 0 aliphatic rings. The van der Waals surface area contributed by atoms with Gasteiger partial charge in [-0.3, -0.25) is 0 Å². The lowest BCUT2D eigenvalue weighted by molar-refractivity contribution is -0.138. The van der Waals surface area contributed by atoms with Gasteiger partial charge in [-0.05, 0) is 43.3 Å². The first-order chi connectivity index (χ1) is 18.7. The van der Waals surface area contributed by atoms with Gasteiger partial charge in [0.1, 0.15) is 11.4 Å². The lowest BCUT2D eigenvalue weighted by atomic mass is 10.1. The van der Waals surface area contributed by atoms with Gasteiger partial charge in [-0.1, -0.05) is 11.8 Å². The second-order valence-corrected chi connectivity index (χ2v) is 8.77. The van der Waals surface area contributed by atoms with Crippen molar-refractivity contribution in [2.75, 3.05) is 0 Å². The molecule has 0 fully saturated rings. The summed E-state index contributed by atoms with van der Waals surface area (Å²) in [4.78, 5) is 32.3. The van der Waals surface area contributed by atoms with Crippen molar-refractivity contribution in [1.29, 1.82) is 0 Å². The van der Waals surface area contributed by atoms with Gasteiger partial charge in [0.05, 0.1) is 22.3 Å². The van der Waals surface area contributed by atoms with Gasteiger partial charge in [0.15, 0.2) is 17.5 Å². The summed E-state index contributed by atoms with van der Waals surface area (Å²) in [5.74, 6) is -12.7. The van der Waals surface area contributed by atoms with E-state index in [1.807, 2.05) is 0 Å². The molecule has 17 heteroatoms. The number of hydrogen-bond acceptors (Lipinski definition) is 4. The number of carboxylic acids is 3. The molecule has 0 amide bonds. The Labute approximate surface area is 225 Å². The van der Waals surface area contributed by atoms with Crippen molar-refractivity contribution >= 4 is 29.7 Å². The molecule has 3 rings (SSSR count). The highest BCUT2D eigenvalue weighted by atomic mass is 32.2. The molecule has 6 nitrogen and oxygen atoms in total. The van der Waals surface area contributed by atoms with Crippen LogP contribution >= 0.6 is 11.8 Å². The molecule has 3 aromatic rings. The first-order valence-electron chi connectivity index (χ1n) is 10.3. The molecule has 0 unspecified atom stereocenters. The third-order valence-electron chi connectivity index (χ3n) is 4.99. The van der Waals surface area contributed by atoms with Crippen LogP contribution in [0.3, 0.4) is 0 Å². The number of aromatic carboxylic acids is 3. The summed E-state index contributed by atoms with van der Waals surface area (Å²) in [7, 11) is 0. The van der Waals surface area contributed by atoms with E-state index in [2.05, 4.69) is 0 Å². The SMILES string of the molecule is Cc1c(F)c(F)c(F)c(C(=O)O)c1F.O=C(O)c1cc(C(F)(F)F)ccc1Sc1ccc(C(F)(F)F)cc1C(=O)O. The maximum absolute atomic E-state index is 12.9. The van der Waals surface area contributed by atoms with Crippen LogP contribution in [0.25, 0.3) is 0 Å². The van der Waals surface area contributed by atoms with Crippen LogP contribution in [0, 0.1) is 30.2 Å². The number of benzene rings is 3. The van der Waals surface area contributed by atoms with Gasteiger partial charge in [-0.2, -0.15) is 26.3 Å². The average Bonchev–Trinajstić information content (AvgIpc) is 2.85. The Kier molecular flexibility index (Phi) is 9.70. The fraction of sp³-hybridized carbons (Fsp3) is 0.125. The van der Waals surface area contributed by atoms with Crippen LogP contribution in [-0.4, -0.2) is 33.2 Å². The fourth-order valence-corrected chi connectivity index (χ4v) is 4.00. The van der Waals surface area contributed by atoms with Gasteiger partial charge in [-0.25, -0.2) is 31.9 Å². The molecular formula is C24H12F10O6S. The predicted octanol–water partition coefficient (Wildman–Crippen LogP) is 7.52. The van der Waals surface area contributed by atoms with Gasteiger partial charge in [0.25, 0.3) is 0 Å². The second-order valence-electron chi connectivity index (χ2n) is 7.69. The summed E-state index contributed by atoms with van der Waals surface area (Å²) in [6.45, 7) is 0.819. The Balaban J connectivity index is 0.000000353. The Morgan fingerprint density at radius 1 is 0.610 bits per heavy atom. The van der Waals surface area contributed by atoms with Crippen LogP contribution in [0.1, 0.15) is 47.8 Å². The van der Waals surface area contributed by atoms with E-state index < -0.39 is 86.9 Å². The van der Waals surface area contributed by atoms with Crippen molar-refractivity contribution in [3.8, 4) is 0 Å². The zero-order valence-corrected chi connectivity index (χ0v) is 20.5. The van der Waals surface area contributed by atoms with Crippen molar-refractivity contribution in [3.63, 3.8) is 0 Å². The molecule has 0 saturated carbocycles. The molecule has 3 N–H and O–H groups in total. The lowest BCUT2D eigenvalue weighted by Crippen LogP contribution is -2.11. The molecule has 0 radical (unpaired) electrons. The number of alkyl halides is 6. The highest BCUT2D eigenvalue weighted by Gasteiger charge is 2.34. The Morgan fingerprint density at radius 2 is 1.00 bits per heavy atom. The van der Waals surface area contributed by atoms with E-state index in [-0.39, 0.29) is 9.79 Å². The van der Waals surface area contributed by atoms with E-state index in [0.29, 0.717) is 36.0 Å². The largest absolute Gasteiger partial charge is 0.478 e. The van der Waals surface area contributed by atoms with E-state index in [9.17, 15) is 58.3 Å². The summed E-state index contributed by atoms with van der Waals surface area (Å²) >= 11 is 0.440. The third-order valence-corrected chi connectivity index (χ3v) is 6.14. The number of halogens is 10. The third kappa shape index (κ3) is 7.47. The van der Waals surface area contributed by atoms with Crippen molar-refractivity contribution in [3.05, 3.63) is 93.0 Å². The summed E-state index contributed by atoms with van der Waals surface area (Å²) in [6, 6.07) is 3.57. The number of carboxylic acid groups (broad SMARTS) is 3. The molecule has 220 valence electrons. The van der Waals surface area contributed by atoms with Crippen LogP contribution < -0.4 is 0 Å². The zero-order valence-electron chi connectivity index (χ0n) is 19.7. The first-order valence-corrected chi connectivity index (χ1v) is 11.1. The molecule has 0 aliphatic heterocycles. The Bertz CT molecular complexity index is 1430. The monoisotopic (exact) mass is 618 g/mol. The van der Waals surface area contributed by atoms with Crippen molar-refractivity contribution in [2.24, 2.45) is 0 Å². The predicted molar refractivity (Wildman–Crippen MR) is 119 cm³/mol. The topological polar surface area (TPSA) is 112 Å². The van der Waals surface area contributed by atoms with E-state index in [1.165, 1.54) is 0 Å². The van der Waals surface area contributed by atoms with Crippen molar-refractivity contribution in [2.45, 2.75) is 29.1 Å². The van der Waals surface area contributed by atoms with Gasteiger partial charge >= 0.3 is 30.3 Å². The minimum Gasteiger partial charge on any atom is -0.478 e. The molecular weight excluding hydrogens is 606 g/mol. The molecule has 0 saturated heterocycles. The second kappa shape index (κ2) is 12.1. The fourth-order valence-electron chi connectivity index (χ4n) is 2.98. The van der Waals surface area contributed by atoms with Crippen molar-refractivity contribution in [1.82, 2.24) is 0 Å². The van der Waals surface area contributed by atoms with Gasteiger partial charge < -0.3 is 15.3 Å². The molecule has 0 heterocycles. The summed E-state index contributed by atoms with van der Waals surface area (Å²) in [6.07, 6.45) is -9.60. The highest BCUT2D eigenvalue weighted by molar-refractivity contribution is 7.99. The Morgan fingerprint density at radius 3 is 1.32 bits per heavy atom. The van der Waals surface area contributed by atoms with E-state index in [0.717, 1.165) is 19.1 Å². The van der Waals surface area contributed by atoms with Gasteiger partial charge in [0.2, 0.25) is 0 Å². The molecule has 0 aromatic heterocycles. The Hall–Kier alpha value is -4.28. The minimum atomic E-state index is -4.80. The maximum atomic E-state index is 12.9. The molecule has 0 atom stereocenters. The maximum Gasteiger partial charge on any atom is 0.416 e. The lowest BCUT2D eigenvalue weighted by Gasteiger charge is -2.13. The molecule has 0 bridgehead atoms. The number of hydrogen-bond donors (Lipinski definition) is 3. The zero-order chi connectivity index (χ0) is 31.6. The van der Waals surface area contributed by atoms with Gasteiger partial charge in [0, 0.05) is 15.4 Å². The highest BCUT2D eigenvalue weighted by Crippen LogP contribution is 2.39. The molecule has 3 aromatic carbocycles. The summed E-state index contributed by atoms with van der Waals surface area (Å²) < 4.78 is 127. The van der Waals surface area contributed by atoms with E-state index in [4.69, 9.17) is 15.3 Å². The molecule has 0 spiro atoms. The van der Waals surface area contributed by atoms with Crippen LogP contribution in [0.2, 0.25) is 0 Å². The van der Waals surface area contributed by atoms with E-state index >= 15 is 0 Å². The number of carbonyl (C=O) groups is 3. The van der Waals surface area contributed by atoms with Gasteiger partial charge in [-0.15, -0.1) is 0 Å².